The number of carbonyl (C=O) groups is 2. The van der Waals surface area contributed by atoms with Crippen molar-refractivity contribution in [3.63, 3.8) is 0 Å². The average Bonchev–Trinajstić information content (AvgIpc) is 3.30. The van der Waals surface area contributed by atoms with E-state index in [2.05, 4.69) is 15.6 Å². The van der Waals surface area contributed by atoms with E-state index in [9.17, 15) is 9.59 Å². The lowest BCUT2D eigenvalue weighted by Crippen LogP contribution is -2.36. The predicted octanol–water partition coefficient (Wildman–Crippen LogP) is 4.51. The first-order valence-electron chi connectivity index (χ1n) is 11.5. The summed E-state index contributed by atoms with van der Waals surface area (Å²) in [5.74, 6) is 0.0343. The van der Waals surface area contributed by atoms with Crippen molar-refractivity contribution in [2.45, 2.75) is 6.92 Å². The van der Waals surface area contributed by atoms with Gasteiger partial charge in [-0.15, -0.1) is 11.3 Å². The summed E-state index contributed by atoms with van der Waals surface area (Å²) in [6, 6.07) is 23.3. The highest BCUT2D eigenvalue weighted by atomic mass is 32.1. The van der Waals surface area contributed by atoms with Crippen LogP contribution in [0.1, 0.15) is 10.6 Å². The van der Waals surface area contributed by atoms with Gasteiger partial charge in [0.2, 0.25) is 5.91 Å². The first kappa shape index (κ1) is 24.8. The van der Waals surface area contributed by atoms with E-state index in [4.69, 9.17) is 10.1 Å². The summed E-state index contributed by atoms with van der Waals surface area (Å²) < 4.78 is 5.67. The van der Waals surface area contributed by atoms with Crippen LogP contribution in [0.25, 0.3) is 21.3 Å². The third kappa shape index (κ3) is 6.43. The van der Waals surface area contributed by atoms with Crippen molar-refractivity contribution < 1.29 is 14.3 Å². The number of nitrogens with zero attached hydrogens (tertiary/aromatic N) is 1. The maximum Gasteiger partial charge on any atom is 0.258 e. The maximum absolute atomic E-state index is 12.1. The molecule has 2 amide bonds. The minimum atomic E-state index is -0.341. The Hall–Kier alpha value is -4.30. The lowest BCUT2D eigenvalue weighted by molar-refractivity contribution is -0.123. The van der Waals surface area contributed by atoms with E-state index in [1.807, 2.05) is 79.7 Å². The van der Waals surface area contributed by atoms with Crippen LogP contribution in [0.3, 0.4) is 0 Å². The minimum Gasteiger partial charge on any atom is -0.483 e. The Labute approximate surface area is 213 Å². The molecule has 3 N–H and O–H groups in total. The zero-order valence-corrected chi connectivity index (χ0v) is 20.6. The second kappa shape index (κ2) is 11.9. The fourth-order valence-electron chi connectivity index (χ4n) is 3.55. The molecule has 36 heavy (non-hydrogen) atoms. The second-order valence-electron chi connectivity index (χ2n) is 7.95. The van der Waals surface area contributed by atoms with Crippen LogP contribution in [0.2, 0.25) is 0 Å². The minimum absolute atomic E-state index is 0.113. The number of thiazole rings is 1. The first-order valence-corrected chi connectivity index (χ1v) is 12.3. The largest absolute Gasteiger partial charge is 0.483 e. The number of aromatic nitrogens is 1. The number of benzene rings is 3. The van der Waals surface area contributed by atoms with Crippen LogP contribution in [0.5, 0.6) is 5.75 Å². The molecule has 4 aromatic rings. The molecule has 0 unspecified atom stereocenters. The molecular weight excluding hydrogens is 472 g/mol. The highest BCUT2D eigenvalue weighted by Gasteiger charge is 2.12. The van der Waals surface area contributed by atoms with E-state index >= 15 is 0 Å². The number of aryl methyl sites for hydroxylation is 1. The normalized spacial score (nSPS) is 10.9. The summed E-state index contributed by atoms with van der Waals surface area (Å²) >= 11 is 1.42. The molecule has 0 aliphatic heterocycles. The smallest absolute Gasteiger partial charge is 0.258 e. The molecule has 0 saturated carbocycles. The van der Waals surface area contributed by atoms with Gasteiger partial charge in [0.05, 0.1) is 16.3 Å². The van der Waals surface area contributed by atoms with Crippen LogP contribution in [0.15, 0.2) is 84.9 Å². The molecular formula is C28H26N4O3S. The number of amides is 2. The van der Waals surface area contributed by atoms with Gasteiger partial charge in [-0.3, -0.25) is 15.0 Å². The van der Waals surface area contributed by atoms with E-state index in [-0.39, 0.29) is 37.2 Å². The van der Waals surface area contributed by atoms with Crippen molar-refractivity contribution in [2.75, 3.05) is 19.7 Å². The van der Waals surface area contributed by atoms with Crippen LogP contribution in [0, 0.1) is 12.3 Å². The second-order valence-corrected chi connectivity index (χ2v) is 8.95. The van der Waals surface area contributed by atoms with Gasteiger partial charge < -0.3 is 15.4 Å². The molecule has 0 aliphatic rings. The Bertz CT molecular complexity index is 1410. The molecule has 0 saturated heterocycles. The average molecular weight is 499 g/mol. The molecule has 0 aliphatic carbocycles. The third-order valence-corrected chi connectivity index (χ3v) is 6.56. The monoisotopic (exact) mass is 498 g/mol. The fourth-order valence-corrected chi connectivity index (χ4v) is 4.55. The molecule has 1 heterocycles. The van der Waals surface area contributed by atoms with Crippen LogP contribution in [-0.2, 0) is 9.59 Å². The Balaban J connectivity index is 1.19. The third-order valence-electron chi connectivity index (χ3n) is 5.32. The summed E-state index contributed by atoms with van der Waals surface area (Å²) in [5.41, 5.74) is 1.97. The summed E-state index contributed by atoms with van der Waals surface area (Å²) in [6.07, 6.45) is 2.77. The van der Waals surface area contributed by atoms with Crippen LogP contribution < -0.4 is 15.4 Å². The molecule has 0 radical (unpaired) electrons. The van der Waals surface area contributed by atoms with Crippen molar-refractivity contribution in [2.24, 2.45) is 0 Å². The number of ether oxygens (including phenoxy) is 1. The lowest BCUT2D eigenvalue weighted by Gasteiger charge is -2.10. The predicted molar refractivity (Wildman–Crippen MR) is 144 cm³/mol. The highest BCUT2D eigenvalue weighted by molar-refractivity contribution is 7.17. The van der Waals surface area contributed by atoms with E-state index in [0.29, 0.717) is 5.75 Å². The van der Waals surface area contributed by atoms with Gasteiger partial charge in [0.15, 0.2) is 6.61 Å². The molecule has 7 nitrogen and oxygen atoms in total. The number of carbonyl (C=O) groups excluding carboxylic acids is 2. The van der Waals surface area contributed by atoms with Gasteiger partial charge in [-0.25, -0.2) is 4.98 Å². The molecule has 0 spiro atoms. The molecule has 182 valence electrons. The standard InChI is InChI=1S/C28H26N4O3S/c1-19-27(36-28(32-19)21-9-3-2-4-10-21)23(29)14-15-25(33)30-16-17-31-26(34)18-35-24-13-7-11-20-8-5-6-12-22(20)24/h2-15,29H,16-18H2,1H3,(H,30,33)(H,31,34)/b15-14-,29-23?. The van der Waals surface area contributed by atoms with E-state index in [1.54, 1.807) is 0 Å². The number of nitrogens with one attached hydrogen (secondary N) is 3. The number of allylic oxidation sites excluding steroid dienone is 1. The molecule has 3 aromatic carbocycles. The van der Waals surface area contributed by atoms with Crippen molar-refractivity contribution in [1.82, 2.24) is 15.6 Å². The van der Waals surface area contributed by atoms with Crippen LogP contribution >= 0.6 is 11.3 Å². The number of fused-ring (bicyclic) bond motifs is 1. The summed E-state index contributed by atoms with van der Waals surface area (Å²) in [5, 5.41) is 16.6. The van der Waals surface area contributed by atoms with Crippen molar-refractivity contribution in [1.29, 1.82) is 5.41 Å². The molecule has 4 rings (SSSR count). The topological polar surface area (TPSA) is 104 Å². The van der Waals surface area contributed by atoms with Crippen LogP contribution in [0.4, 0.5) is 0 Å². The van der Waals surface area contributed by atoms with E-state index in [0.717, 1.165) is 31.9 Å². The van der Waals surface area contributed by atoms with Crippen LogP contribution in [-0.4, -0.2) is 42.2 Å². The van der Waals surface area contributed by atoms with E-state index < -0.39 is 0 Å². The highest BCUT2D eigenvalue weighted by Crippen LogP contribution is 2.28. The SMILES string of the molecule is Cc1nc(-c2ccccc2)sc1C(=N)/C=C\C(=O)NCCNC(=O)COc1cccc2ccccc12. The van der Waals surface area contributed by atoms with Gasteiger partial charge in [-0.05, 0) is 24.5 Å². The Morgan fingerprint density at radius 1 is 0.944 bits per heavy atom. The van der Waals surface area contributed by atoms with Gasteiger partial charge in [0.1, 0.15) is 10.8 Å². The van der Waals surface area contributed by atoms with E-state index in [1.165, 1.54) is 23.5 Å². The molecule has 8 heteroatoms. The number of rotatable bonds is 10. The van der Waals surface area contributed by atoms with Gasteiger partial charge in [-0.1, -0.05) is 66.7 Å². The van der Waals surface area contributed by atoms with Crippen molar-refractivity contribution >= 4 is 39.6 Å². The first-order chi connectivity index (χ1) is 17.5. The summed E-state index contributed by atoms with van der Waals surface area (Å²) in [4.78, 5) is 29.5. The molecule has 0 bridgehead atoms. The van der Waals surface area contributed by atoms with Gasteiger partial charge in [0.25, 0.3) is 5.91 Å². The Morgan fingerprint density at radius 2 is 1.67 bits per heavy atom. The Kier molecular flexibility index (Phi) is 8.20. The van der Waals surface area contributed by atoms with Gasteiger partial charge >= 0.3 is 0 Å². The molecule has 0 fully saturated rings. The quantitative estimate of drug-likeness (QED) is 0.170. The summed E-state index contributed by atoms with van der Waals surface area (Å²) in [7, 11) is 0. The number of hydrogen-bond donors (Lipinski definition) is 3. The fraction of sp³-hybridized carbons (Fsp3) is 0.143. The van der Waals surface area contributed by atoms with Gasteiger partial charge in [-0.2, -0.15) is 0 Å². The summed E-state index contributed by atoms with van der Waals surface area (Å²) in [6.45, 7) is 2.27. The zero-order valence-electron chi connectivity index (χ0n) is 19.8. The molecule has 1 aromatic heterocycles. The van der Waals surface area contributed by atoms with Crippen molar-refractivity contribution in [3.8, 4) is 16.3 Å². The Morgan fingerprint density at radius 3 is 2.50 bits per heavy atom. The zero-order chi connectivity index (χ0) is 25.3. The molecule has 0 atom stereocenters. The van der Waals surface area contributed by atoms with Gasteiger partial charge in [0, 0.05) is 30.1 Å². The number of hydrogen-bond acceptors (Lipinski definition) is 6. The lowest BCUT2D eigenvalue weighted by atomic mass is 10.1. The van der Waals surface area contributed by atoms with Crippen molar-refractivity contribution in [3.05, 3.63) is 95.5 Å². The maximum atomic E-state index is 12.1.